The van der Waals surface area contributed by atoms with Gasteiger partial charge in [0.1, 0.15) is 6.10 Å². The molecule has 1 heterocycles. The number of allylic oxidation sites excluding steroid dienone is 1. The highest BCUT2D eigenvalue weighted by molar-refractivity contribution is 6.04. The van der Waals surface area contributed by atoms with Crippen LogP contribution in [0, 0.1) is 0 Å². The topological polar surface area (TPSA) is 66.4 Å². The fraction of sp³-hybridized carbons (Fsp3) is 0.778. The first kappa shape index (κ1) is 20.8. The molecule has 0 radical (unpaired) electrons. The molecule has 1 unspecified atom stereocenters. The Labute approximate surface area is 135 Å². The lowest BCUT2D eigenvalue weighted by atomic mass is 10.1. The van der Waals surface area contributed by atoms with E-state index in [1.807, 2.05) is 11.4 Å². The number of hydrogen-bond acceptors (Lipinski definition) is 3. The van der Waals surface area contributed by atoms with Crippen LogP contribution >= 0.6 is 0 Å². The first-order valence-corrected chi connectivity index (χ1v) is 8.74. The average molecular weight is 311 g/mol. The third-order valence-electron chi connectivity index (χ3n) is 3.71. The SMILES string of the molecule is C=CCCCCCCCCCCCC.O=C1CC(O)C(=O)N1. The largest absolute Gasteiger partial charge is 0.383 e. The van der Waals surface area contributed by atoms with Gasteiger partial charge in [0, 0.05) is 0 Å². The summed E-state index contributed by atoms with van der Waals surface area (Å²) in [6.45, 7) is 6.01. The Morgan fingerprint density at radius 3 is 1.86 bits per heavy atom. The third-order valence-corrected chi connectivity index (χ3v) is 3.71. The lowest BCUT2D eigenvalue weighted by Crippen LogP contribution is -2.24. The van der Waals surface area contributed by atoms with Crippen LogP contribution in [0.4, 0.5) is 0 Å². The Morgan fingerprint density at radius 2 is 1.55 bits per heavy atom. The molecule has 128 valence electrons. The maximum Gasteiger partial charge on any atom is 0.255 e. The van der Waals surface area contributed by atoms with Crippen LogP contribution in [0.25, 0.3) is 0 Å². The molecular weight excluding hydrogens is 278 g/mol. The second-order valence-corrected chi connectivity index (χ2v) is 5.89. The Morgan fingerprint density at radius 1 is 1.05 bits per heavy atom. The average Bonchev–Trinajstić information content (AvgIpc) is 2.78. The van der Waals surface area contributed by atoms with E-state index in [1.54, 1.807) is 0 Å². The van der Waals surface area contributed by atoms with Gasteiger partial charge in [0.2, 0.25) is 5.91 Å². The van der Waals surface area contributed by atoms with Crippen molar-refractivity contribution in [2.45, 2.75) is 90.1 Å². The van der Waals surface area contributed by atoms with E-state index in [-0.39, 0.29) is 6.42 Å². The predicted molar refractivity (Wildman–Crippen MR) is 90.4 cm³/mol. The van der Waals surface area contributed by atoms with E-state index in [2.05, 4.69) is 13.5 Å². The van der Waals surface area contributed by atoms with E-state index in [1.165, 1.54) is 70.6 Å². The molecule has 0 spiro atoms. The molecule has 4 nitrogen and oxygen atoms in total. The lowest BCUT2D eigenvalue weighted by Gasteiger charge is -2.00. The van der Waals surface area contributed by atoms with Gasteiger partial charge in [-0.3, -0.25) is 14.9 Å². The van der Waals surface area contributed by atoms with Gasteiger partial charge in [0.05, 0.1) is 6.42 Å². The number of hydrogen-bond donors (Lipinski definition) is 2. The summed E-state index contributed by atoms with van der Waals surface area (Å²) in [5, 5.41) is 10.5. The first-order chi connectivity index (χ1) is 10.6. The summed E-state index contributed by atoms with van der Waals surface area (Å²) in [5.74, 6) is -0.988. The van der Waals surface area contributed by atoms with Gasteiger partial charge >= 0.3 is 0 Å². The number of carbonyl (C=O) groups excluding carboxylic acids is 2. The maximum absolute atomic E-state index is 10.2. The summed E-state index contributed by atoms with van der Waals surface area (Å²) >= 11 is 0. The summed E-state index contributed by atoms with van der Waals surface area (Å²) in [5.41, 5.74) is 0. The highest BCUT2D eigenvalue weighted by Gasteiger charge is 2.27. The van der Waals surface area contributed by atoms with E-state index in [0.29, 0.717) is 0 Å². The minimum atomic E-state index is -1.11. The van der Waals surface area contributed by atoms with Crippen molar-refractivity contribution >= 4 is 11.8 Å². The van der Waals surface area contributed by atoms with Crippen LogP contribution in [0.5, 0.6) is 0 Å². The zero-order valence-electron chi connectivity index (χ0n) is 14.1. The van der Waals surface area contributed by atoms with Crippen molar-refractivity contribution < 1.29 is 14.7 Å². The van der Waals surface area contributed by atoms with Crippen LogP contribution in [-0.4, -0.2) is 23.0 Å². The van der Waals surface area contributed by atoms with Gasteiger partial charge in [-0.25, -0.2) is 0 Å². The highest BCUT2D eigenvalue weighted by atomic mass is 16.3. The fourth-order valence-electron chi connectivity index (χ4n) is 2.32. The van der Waals surface area contributed by atoms with Gasteiger partial charge < -0.3 is 5.11 Å². The van der Waals surface area contributed by atoms with Crippen molar-refractivity contribution in [1.82, 2.24) is 5.32 Å². The number of unbranched alkanes of at least 4 members (excludes halogenated alkanes) is 10. The molecule has 0 bridgehead atoms. The zero-order chi connectivity index (χ0) is 16.6. The van der Waals surface area contributed by atoms with E-state index < -0.39 is 17.9 Å². The number of nitrogens with one attached hydrogen (secondary N) is 1. The number of imide groups is 1. The molecule has 1 saturated heterocycles. The van der Waals surface area contributed by atoms with Crippen LogP contribution in [0.3, 0.4) is 0 Å². The number of rotatable bonds is 11. The van der Waals surface area contributed by atoms with Crippen LogP contribution < -0.4 is 5.32 Å². The van der Waals surface area contributed by atoms with E-state index in [0.717, 1.165) is 0 Å². The summed E-state index contributed by atoms with van der Waals surface area (Å²) < 4.78 is 0. The molecule has 1 aliphatic rings. The summed E-state index contributed by atoms with van der Waals surface area (Å²) in [6, 6.07) is 0. The molecule has 0 aromatic carbocycles. The van der Waals surface area contributed by atoms with E-state index in [4.69, 9.17) is 5.11 Å². The molecule has 0 aromatic heterocycles. The Kier molecular flexibility index (Phi) is 14.0. The lowest BCUT2D eigenvalue weighted by molar-refractivity contribution is -0.127. The smallest absolute Gasteiger partial charge is 0.255 e. The second kappa shape index (κ2) is 14.8. The standard InChI is InChI=1S/C14H28.C4H5NO3/c1-3-5-7-9-11-13-14-12-10-8-6-4-2;6-2-1-3(7)5-4(2)8/h3H,1,4-14H2,2H3;2,6H,1H2,(H,5,7,8). The predicted octanol–water partition coefficient (Wildman–Crippen LogP) is 3.88. The molecule has 4 heteroatoms. The third kappa shape index (κ3) is 12.6. The molecule has 1 atom stereocenters. The fourth-order valence-corrected chi connectivity index (χ4v) is 2.32. The van der Waals surface area contributed by atoms with Gasteiger partial charge in [-0.15, -0.1) is 6.58 Å². The Hall–Kier alpha value is -1.16. The van der Waals surface area contributed by atoms with Crippen molar-refractivity contribution in [1.29, 1.82) is 0 Å². The molecule has 2 N–H and O–H groups in total. The quantitative estimate of drug-likeness (QED) is 0.346. The molecule has 1 rings (SSSR count). The molecule has 0 saturated carbocycles. The van der Waals surface area contributed by atoms with Gasteiger partial charge in [-0.05, 0) is 12.8 Å². The highest BCUT2D eigenvalue weighted by Crippen LogP contribution is 2.11. The van der Waals surface area contributed by atoms with E-state index >= 15 is 0 Å². The summed E-state index contributed by atoms with van der Waals surface area (Å²) in [7, 11) is 0. The Balaban J connectivity index is 0.000000461. The molecule has 0 aromatic rings. The molecule has 2 amide bonds. The van der Waals surface area contributed by atoms with Gasteiger partial charge in [0.15, 0.2) is 0 Å². The maximum atomic E-state index is 10.2. The normalized spacial score (nSPS) is 16.9. The molecule has 0 aliphatic carbocycles. The van der Waals surface area contributed by atoms with Crippen LogP contribution in [-0.2, 0) is 9.59 Å². The Bertz CT molecular complexity index is 315. The van der Waals surface area contributed by atoms with Gasteiger partial charge in [-0.1, -0.05) is 70.8 Å². The van der Waals surface area contributed by atoms with Crippen molar-refractivity contribution in [2.75, 3.05) is 0 Å². The van der Waals surface area contributed by atoms with Gasteiger partial charge in [0.25, 0.3) is 5.91 Å². The van der Waals surface area contributed by atoms with Crippen LogP contribution in [0.1, 0.15) is 84.0 Å². The number of carbonyl (C=O) groups is 2. The molecular formula is C18H33NO3. The second-order valence-electron chi connectivity index (χ2n) is 5.89. The molecule has 1 aliphatic heterocycles. The molecule has 22 heavy (non-hydrogen) atoms. The van der Waals surface area contributed by atoms with Crippen molar-refractivity contribution in [3.05, 3.63) is 12.7 Å². The number of amides is 2. The van der Waals surface area contributed by atoms with Crippen LogP contribution in [0.2, 0.25) is 0 Å². The number of aliphatic hydroxyl groups excluding tert-OH is 1. The first-order valence-electron chi connectivity index (χ1n) is 8.74. The summed E-state index contributed by atoms with van der Waals surface area (Å²) in [6.07, 6.45) is 16.3. The van der Waals surface area contributed by atoms with Crippen LogP contribution in [0.15, 0.2) is 12.7 Å². The summed E-state index contributed by atoms with van der Waals surface area (Å²) in [4.78, 5) is 20.4. The van der Waals surface area contributed by atoms with Gasteiger partial charge in [-0.2, -0.15) is 0 Å². The van der Waals surface area contributed by atoms with Crippen molar-refractivity contribution in [3.63, 3.8) is 0 Å². The zero-order valence-corrected chi connectivity index (χ0v) is 14.1. The number of aliphatic hydroxyl groups is 1. The van der Waals surface area contributed by atoms with Crippen molar-refractivity contribution in [2.24, 2.45) is 0 Å². The minimum absolute atomic E-state index is 0.0845. The van der Waals surface area contributed by atoms with Crippen molar-refractivity contribution in [3.8, 4) is 0 Å². The minimum Gasteiger partial charge on any atom is -0.383 e. The van der Waals surface area contributed by atoms with E-state index in [9.17, 15) is 9.59 Å². The molecule has 1 fully saturated rings. The monoisotopic (exact) mass is 311 g/mol.